The van der Waals surface area contributed by atoms with Crippen molar-refractivity contribution in [3.63, 3.8) is 0 Å². The fraction of sp³-hybridized carbons (Fsp3) is 0.484. The van der Waals surface area contributed by atoms with E-state index in [-0.39, 0.29) is 37.7 Å². The zero-order valence-corrected chi connectivity index (χ0v) is 25.1. The fourth-order valence-corrected chi connectivity index (χ4v) is 5.55. The maximum absolute atomic E-state index is 13.9. The molecule has 2 fully saturated rings. The maximum atomic E-state index is 13.9. The molecule has 5 heterocycles. The van der Waals surface area contributed by atoms with Crippen LogP contribution in [-0.4, -0.2) is 83.8 Å². The Kier molecular flexibility index (Phi) is 9.72. The van der Waals surface area contributed by atoms with Gasteiger partial charge in [-0.25, -0.2) is 15.0 Å². The lowest BCUT2D eigenvalue weighted by molar-refractivity contribution is -0.141. The average Bonchev–Trinajstić information content (AvgIpc) is 3.54. The molecule has 3 aromatic rings. The second-order valence-electron chi connectivity index (χ2n) is 10.5. The summed E-state index contributed by atoms with van der Waals surface area (Å²) >= 11 is 0. The monoisotopic (exact) mass is 614 g/mol. The molecule has 10 nitrogen and oxygen atoms in total. The third-order valence-electron chi connectivity index (χ3n) is 7.67. The number of piperazine rings is 1. The Morgan fingerprint density at radius 1 is 1.02 bits per heavy atom. The minimum Gasteiger partial charge on any atom is -0.478 e. The predicted octanol–water partition coefficient (Wildman–Crippen LogP) is 4.84. The van der Waals surface area contributed by atoms with Crippen LogP contribution >= 0.6 is 0 Å². The van der Waals surface area contributed by atoms with E-state index in [1.165, 1.54) is 11.0 Å². The Morgan fingerprint density at radius 2 is 1.84 bits per heavy atom. The maximum Gasteiger partial charge on any atom is 0.434 e. The molecule has 0 bridgehead atoms. The van der Waals surface area contributed by atoms with Gasteiger partial charge in [-0.05, 0) is 63.6 Å². The first-order valence-corrected chi connectivity index (χ1v) is 15.0. The van der Waals surface area contributed by atoms with Gasteiger partial charge in [0.1, 0.15) is 11.8 Å². The van der Waals surface area contributed by atoms with Crippen molar-refractivity contribution in [2.24, 2.45) is 0 Å². The molecule has 44 heavy (non-hydrogen) atoms. The highest BCUT2D eigenvalue weighted by molar-refractivity contribution is 5.95. The van der Waals surface area contributed by atoms with E-state index in [2.05, 4.69) is 20.2 Å². The van der Waals surface area contributed by atoms with Crippen molar-refractivity contribution in [1.29, 1.82) is 0 Å². The summed E-state index contributed by atoms with van der Waals surface area (Å²) in [5.41, 5.74) is 0.416. The molecule has 0 aliphatic carbocycles. The second kappa shape index (κ2) is 13.7. The van der Waals surface area contributed by atoms with Gasteiger partial charge in [-0.2, -0.15) is 13.2 Å². The molecule has 5 rings (SSSR count). The number of carbonyl (C=O) groups is 1. The molecule has 0 spiro atoms. The number of halogens is 3. The van der Waals surface area contributed by atoms with Crippen LogP contribution in [0, 0.1) is 0 Å². The number of carbonyl (C=O) groups excluding carboxylic acids is 1. The molecule has 1 amide bonds. The van der Waals surface area contributed by atoms with Crippen molar-refractivity contribution >= 4 is 11.6 Å². The number of anilines is 1. The highest BCUT2D eigenvalue weighted by Gasteiger charge is 2.40. The SMILES string of the molecule is CCOc1ccc(C(=O)N2CCN(c3ccc(-c4cccnc4OCC)nc3O[C@@H]3CCNC3)[C@H](CC)C2)c(C(F)(F)F)n1. The predicted molar refractivity (Wildman–Crippen MR) is 158 cm³/mol. The number of pyridine rings is 3. The van der Waals surface area contributed by atoms with E-state index in [0.717, 1.165) is 30.3 Å². The van der Waals surface area contributed by atoms with Crippen LogP contribution in [-0.2, 0) is 6.18 Å². The van der Waals surface area contributed by atoms with Crippen LogP contribution in [0.5, 0.6) is 17.6 Å². The quantitative estimate of drug-likeness (QED) is 0.344. The standard InChI is InChI=1S/C31H37F3N6O4/c1-4-20-19-39(30(41)23-9-12-26(42-5-2)38-27(23)31(32,33)34)16-17-40(20)25-11-10-24(22-8-7-14-36-28(22)43-6-3)37-29(25)44-21-13-15-35-18-21/h7-12,14,20-21,35H,4-6,13,15-19H2,1-3H3/t20-,21-/m1/s1. The molecular weight excluding hydrogens is 577 g/mol. The number of hydrogen-bond donors (Lipinski definition) is 1. The molecule has 2 aliphatic heterocycles. The zero-order chi connectivity index (χ0) is 31.3. The molecule has 236 valence electrons. The summed E-state index contributed by atoms with van der Waals surface area (Å²) in [6.45, 7) is 8.50. The lowest BCUT2D eigenvalue weighted by Crippen LogP contribution is -2.55. The molecule has 0 saturated carbocycles. The van der Waals surface area contributed by atoms with Gasteiger partial charge in [0.2, 0.25) is 17.6 Å². The lowest BCUT2D eigenvalue weighted by Gasteiger charge is -2.43. The topological polar surface area (TPSA) is 102 Å². The van der Waals surface area contributed by atoms with Gasteiger partial charge in [-0.1, -0.05) is 6.92 Å². The summed E-state index contributed by atoms with van der Waals surface area (Å²) < 4.78 is 59.1. The fourth-order valence-electron chi connectivity index (χ4n) is 5.55. The van der Waals surface area contributed by atoms with E-state index in [0.29, 0.717) is 43.6 Å². The Balaban J connectivity index is 1.43. The molecule has 0 radical (unpaired) electrons. The highest BCUT2D eigenvalue weighted by Crippen LogP contribution is 2.37. The van der Waals surface area contributed by atoms with E-state index in [9.17, 15) is 18.0 Å². The third kappa shape index (κ3) is 6.82. The number of ether oxygens (including phenoxy) is 3. The smallest absolute Gasteiger partial charge is 0.434 e. The van der Waals surface area contributed by atoms with E-state index in [1.807, 2.05) is 38.1 Å². The van der Waals surface area contributed by atoms with Crippen LogP contribution in [0.25, 0.3) is 11.3 Å². The van der Waals surface area contributed by atoms with Gasteiger partial charge in [0, 0.05) is 44.5 Å². The van der Waals surface area contributed by atoms with Crippen LogP contribution in [0.2, 0.25) is 0 Å². The minimum atomic E-state index is -4.81. The van der Waals surface area contributed by atoms with Gasteiger partial charge in [0.25, 0.3) is 5.91 Å². The Bertz CT molecular complexity index is 1450. The van der Waals surface area contributed by atoms with Gasteiger partial charge in [-0.15, -0.1) is 0 Å². The molecule has 1 N–H and O–H groups in total. The average molecular weight is 615 g/mol. The summed E-state index contributed by atoms with van der Waals surface area (Å²) in [6.07, 6.45) is -1.74. The summed E-state index contributed by atoms with van der Waals surface area (Å²) in [5.74, 6) is 0.0429. The first-order valence-electron chi connectivity index (χ1n) is 15.0. The number of nitrogens with one attached hydrogen (secondary N) is 1. The van der Waals surface area contributed by atoms with Crippen molar-refractivity contribution in [1.82, 2.24) is 25.2 Å². The summed E-state index contributed by atoms with van der Waals surface area (Å²) in [7, 11) is 0. The number of nitrogens with zero attached hydrogens (tertiary/aromatic N) is 5. The van der Waals surface area contributed by atoms with Crippen molar-refractivity contribution in [2.75, 3.05) is 50.8 Å². The first kappa shape index (κ1) is 31.3. The summed E-state index contributed by atoms with van der Waals surface area (Å²) in [4.78, 5) is 30.0. The Hall–Kier alpha value is -4.13. The van der Waals surface area contributed by atoms with Crippen molar-refractivity contribution < 1.29 is 32.2 Å². The van der Waals surface area contributed by atoms with E-state index in [4.69, 9.17) is 19.2 Å². The molecule has 0 aromatic carbocycles. The molecule has 0 unspecified atom stereocenters. The van der Waals surface area contributed by atoms with Gasteiger partial charge in [-0.3, -0.25) is 4.79 Å². The number of rotatable bonds is 10. The molecular formula is C31H37F3N6O4. The Morgan fingerprint density at radius 3 is 2.55 bits per heavy atom. The summed E-state index contributed by atoms with van der Waals surface area (Å²) in [5, 5.41) is 3.31. The second-order valence-corrected chi connectivity index (χ2v) is 10.5. The number of alkyl halides is 3. The normalized spacial score (nSPS) is 18.8. The van der Waals surface area contributed by atoms with Gasteiger partial charge in [0.15, 0.2) is 5.69 Å². The highest BCUT2D eigenvalue weighted by atomic mass is 19.4. The lowest BCUT2D eigenvalue weighted by atomic mass is 10.1. The van der Waals surface area contributed by atoms with Crippen molar-refractivity contribution in [3.05, 3.63) is 53.9 Å². The van der Waals surface area contributed by atoms with Crippen LogP contribution in [0.3, 0.4) is 0 Å². The molecule has 2 aliphatic rings. The van der Waals surface area contributed by atoms with E-state index < -0.39 is 23.3 Å². The molecule has 2 saturated heterocycles. The largest absolute Gasteiger partial charge is 0.478 e. The van der Waals surface area contributed by atoms with Crippen LogP contribution < -0.4 is 24.4 Å². The van der Waals surface area contributed by atoms with E-state index >= 15 is 0 Å². The Labute approximate surface area is 254 Å². The van der Waals surface area contributed by atoms with Gasteiger partial charge >= 0.3 is 6.18 Å². The van der Waals surface area contributed by atoms with Crippen molar-refractivity contribution in [3.8, 4) is 28.9 Å². The number of aromatic nitrogens is 3. The molecule has 2 atom stereocenters. The number of hydrogen-bond acceptors (Lipinski definition) is 9. The third-order valence-corrected chi connectivity index (χ3v) is 7.67. The van der Waals surface area contributed by atoms with E-state index in [1.54, 1.807) is 13.1 Å². The first-order chi connectivity index (χ1) is 21.2. The van der Waals surface area contributed by atoms with Crippen LogP contribution in [0.15, 0.2) is 42.6 Å². The van der Waals surface area contributed by atoms with Crippen molar-refractivity contribution in [2.45, 2.75) is 51.9 Å². The number of amides is 1. The zero-order valence-electron chi connectivity index (χ0n) is 25.1. The molecule has 13 heteroatoms. The van der Waals surface area contributed by atoms with Gasteiger partial charge in [0.05, 0.1) is 30.0 Å². The minimum absolute atomic E-state index is 0.0624. The van der Waals surface area contributed by atoms with Crippen LogP contribution in [0.4, 0.5) is 18.9 Å². The van der Waals surface area contributed by atoms with Crippen LogP contribution in [0.1, 0.15) is 49.7 Å². The molecule has 3 aromatic heterocycles. The summed E-state index contributed by atoms with van der Waals surface area (Å²) in [6, 6.07) is 9.81. The van der Waals surface area contributed by atoms with Gasteiger partial charge < -0.3 is 29.3 Å².